The fraction of sp³-hybridized carbons (Fsp3) is 0.486. The van der Waals surface area contributed by atoms with Crippen molar-refractivity contribution in [2.24, 2.45) is 11.8 Å². The monoisotopic (exact) mass is 610 g/mol. The molecule has 0 aliphatic heterocycles. The Morgan fingerprint density at radius 1 is 1.05 bits per heavy atom. The summed E-state index contributed by atoms with van der Waals surface area (Å²) in [5.74, 6) is 0.576. The van der Waals surface area contributed by atoms with E-state index < -0.39 is 12.0 Å². The number of aliphatic hydroxyl groups is 1. The number of benzene rings is 2. The maximum absolute atomic E-state index is 12.3. The van der Waals surface area contributed by atoms with Gasteiger partial charge in [0.2, 0.25) is 0 Å². The van der Waals surface area contributed by atoms with Gasteiger partial charge >= 0.3 is 5.97 Å². The first kappa shape index (κ1) is 35.4. The molecule has 0 amide bonds. The molecule has 0 heterocycles. The number of esters is 1. The second-order valence-electron chi connectivity index (χ2n) is 12.0. The van der Waals surface area contributed by atoms with Crippen LogP contribution in [0.2, 0.25) is 0 Å². The van der Waals surface area contributed by atoms with E-state index in [0.717, 1.165) is 51.0 Å². The topological polar surface area (TPSA) is 65.0 Å². The number of allylic oxidation sites excluding steroid dienone is 1. The van der Waals surface area contributed by atoms with E-state index >= 15 is 0 Å². The van der Waals surface area contributed by atoms with Crippen LogP contribution in [0.5, 0.6) is 0 Å². The van der Waals surface area contributed by atoms with Crippen molar-refractivity contribution < 1.29 is 32.9 Å². The summed E-state index contributed by atoms with van der Waals surface area (Å²) in [7, 11) is 1.50. The van der Waals surface area contributed by atoms with E-state index in [-0.39, 0.29) is 37.9 Å². The van der Waals surface area contributed by atoms with E-state index in [9.17, 15) is 18.7 Å². The number of carbonyl (C=O) groups is 1. The van der Waals surface area contributed by atoms with Gasteiger partial charge in [-0.2, -0.15) is 8.78 Å². The van der Waals surface area contributed by atoms with Crippen LogP contribution >= 0.6 is 0 Å². The molecule has 0 aromatic heterocycles. The van der Waals surface area contributed by atoms with Gasteiger partial charge in [-0.3, -0.25) is 0 Å². The molecule has 1 atom stereocenters. The molecule has 0 radical (unpaired) electrons. The highest BCUT2D eigenvalue weighted by molar-refractivity contribution is 5.87. The van der Waals surface area contributed by atoms with Crippen LogP contribution in [0, 0.1) is 18.8 Å². The van der Waals surface area contributed by atoms with Crippen molar-refractivity contribution >= 4 is 5.97 Å². The predicted octanol–water partition coefficient (Wildman–Crippen LogP) is 8.36. The molecule has 0 saturated heterocycles. The summed E-state index contributed by atoms with van der Waals surface area (Å²) in [5, 5.41) is 9.19. The zero-order chi connectivity index (χ0) is 31.9. The van der Waals surface area contributed by atoms with Crippen molar-refractivity contribution in [3.63, 3.8) is 0 Å². The van der Waals surface area contributed by atoms with Gasteiger partial charge < -0.3 is 19.3 Å². The van der Waals surface area contributed by atoms with E-state index in [1.54, 1.807) is 0 Å². The zero-order valence-electron chi connectivity index (χ0n) is 26.3. The maximum Gasteiger partial charge on any atom is 0.335 e. The van der Waals surface area contributed by atoms with Crippen LogP contribution in [-0.4, -0.2) is 51.2 Å². The minimum atomic E-state index is -1.57. The Labute approximate surface area is 261 Å². The molecular formula is C37H48F2O5. The maximum atomic E-state index is 12.3. The molecule has 240 valence electrons. The first-order chi connectivity index (χ1) is 21.2. The largest absolute Gasteiger partial charge is 0.462 e. The highest BCUT2D eigenvalue weighted by atomic mass is 19.3. The average Bonchev–Trinajstić information content (AvgIpc) is 3.02. The minimum absolute atomic E-state index is 0.0275. The third-order valence-corrected chi connectivity index (χ3v) is 8.49. The fourth-order valence-electron chi connectivity index (χ4n) is 5.86. The lowest BCUT2D eigenvalue weighted by molar-refractivity contribution is -0.141. The molecule has 2 aromatic rings. The molecule has 5 nitrogen and oxygen atoms in total. The summed E-state index contributed by atoms with van der Waals surface area (Å²) < 4.78 is 40.8. The van der Waals surface area contributed by atoms with Gasteiger partial charge in [0.1, 0.15) is 0 Å². The molecule has 3 rings (SSSR count). The van der Waals surface area contributed by atoms with Crippen molar-refractivity contribution in [2.45, 2.75) is 64.2 Å². The Morgan fingerprint density at radius 3 is 2.41 bits per heavy atom. The first-order valence-electron chi connectivity index (χ1n) is 15.6. The Bertz CT molecular complexity index is 1240. The number of aliphatic hydroxyl groups excluding tert-OH is 1. The summed E-state index contributed by atoms with van der Waals surface area (Å²) in [6, 6.07) is 15.4. The van der Waals surface area contributed by atoms with Gasteiger partial charge in [0.25, 0.3) is 6.08 Å². The number of hydrogen-bond donors (Lipinski definition) is 1. The van der Waals surface area contributed by atoms with Crippen molar-refractivity contribution in [1.29, 1.82) is 0 Å². The molecule has 7 heteroatoms. The van der Waals surface area contributed by atoms with Crippen LogP contribution in [0.4, 0.5) is 8.78 Å². The van der Waals surface area contributed by atoms with Crippen LogP contribution in [0.25, 0.3) is 11.1 Å². The molecule has 1 aliphatic carbocycles. The van der Waals surface area contributed by atoms with Gasteiger partial charge in [-0.05, 0) is 110 Å². The predicted molar refractivity (Wildman–Crippen MR) is 172 cm³/mol. The van der Waals surface area contributed by atoms with Crippen LogP contribution < -0.4 is 0 Å². The lowest BCUT2D eigenvalue weighted by Gasteiger charge is -2.29. The molecule has 1 N–H and O–H groups in total. The molecule has 44 heavy (non-hydrogen) atoms. The number of ether oxygens (including phenoxy) is 3. The molecule has 1 aliphatic rings. The van der Waals surface area contributed by atoms with Crippen molar-refractivity contribution in [3.8, 4) is 11.1 Å². The van der Waals surface area contributed by atoms with Crippen molar-refractivity contribution in [1.82, 2.24) is 0 Å². The average molecular weight is 611 g/mol. The van der Waals surface area contributed by atoms with Gasteiger partial charge in [-0.1, -0.05) is 55.6 Å². The number of carbonyl (C=O) groups excluding carboxylic acids is 1. The number of aryl methyl sites for hydroxylation is 2. The third-order valence-electron chi connectivity index (χ3n) is 8.49. The molecule has 1 fully saturated rings. The fourth-order valence-corrected chi connectivity index (χ4v) is 5.86. The van der Waals surface area contributed by atoms with Gasteiger partial charge in [0.15, 0.2) is 0 Å². The third kappa shape index (κ3) is 11.8. The van der Waals surface area contributed by atoms with E-state index in [1.807, 2.05) is 0 Å². The Morgan fingerprint density at radius 2 is 1.77 bits per heavy atom. The normalized spacial score (nSPS) is 17.1. The van der Waals surface area contributed by atoms with Gasteiger partial charge in [-0.15, -0.1) is 0 Å². The van der Waals surface area contributed by atoms with Gasteiger partial charge in [-0.25, -0.2) is 4.79 Å². The van der Waals surface area contributed by atoms with Crippen LogP contribution in [-0.2, 0) is 25.4 Å². The second kappa shape index (κ2) is 18.6. The summed E-state index contributed by atoms with van der Waals surface area (Å²) in [6.45, 7) is 10.5. The molecule has 0 spiro atoms. The smallest absolute Gasteiger partial charge is 0.335 e. The SMILES string of the molecule is C=C(CO)COCC(CCc1ccc(-c2ccc(C3CCC(CCC=C(F)F)CC3)cc2C)cc1)COC(=O)C(=C)COC. The van der Waals surface area contributed by atoms with Gasteiger partial charge in [0, 0.05) is 13.0 Å². The summed E-state index contributed by atoms with van der Waals surface area (Å²) in [6.07, 6.45) is 6.80. The van der Waals surface area contributed by atoms with Crippen LogP contribution in [0.3, 0.4) is 0 Å². The molecule has 1 unspecified atom stereocenters. The molecule has 1 saturated carbocycles. The second-order valence-corrected chi connectivity index (χ2v) is 12.0. The van der Waals surface area contributed by atoms with E-state index in [4.69, 9.17) is 14.2 Å². The lowest BCUT2D eigenvalue weighted by atomic mass is 9.76. The first-order valence-corrected chi connectivity index (χ1v) is 15.6. The summed E-state index contributed by atoms with van der Waals surface area (Å²) >= 11 is 0. The number of hydrogen-bond acceptors (Lipinski definition) is 5. The molecular weight excluding hydrogens is 562 g/mol. The van der Waals surface area contributed by atoms with Crippen LogP contribution in [0.15, 0.2) is 78.9 Å². The lowest BCUT2D eigenvalue weighted by Crippen LogP contribution is -2.22. The number of rotatable bonds is 18. The zero-order valence-corrected chi connectivity index (χ0v) is 26.3. The van der Waals surface area contributed by atoms with E-state index in [0.29, 0.717) is 30.4 Å². The minimum Gasteiger partial charge on any atom is -0.462 e. The van der Waals surface area contributed by atoms with E-state index in [1.165, 1.54) is 34.9 Å². The van der Waals surface area contributed by atoms with Crippen LogP contribution in [0.1, 0.15) is 67.6 Å². The molecule has 0 bridgehead atoms. The highest BCUT2D eigenvalue weighted by Crippen LogP contribution is 2.39. The van der Waals surface area contributed by atoms with Crippen molar-refractivity contribution in [3.05, 3.63) is 95.6 Å². The standard InChI is InChI=1S/C37H48F2O5/c1-26(21-40)22-43-24-31(25-44-37(41)28(3)23-42-4)9-8-30-12-16-33(17-13-30)35-19-18-34(20-27(35)2)32-14-10-29(11-15-32)6-5-7-36(38)39/h7,12-13,16-20,29,31-32,40H,1,3,5-6,8-11,14-15,21-25H2,2,4H3. The van der Waals surface area contributed by atoms with Gasteiger partial charge in [0.05, 0.1) is 38.6 Å². The quantitative estimate of drug-likeness (QED) is 0.104. The Balaban J connectivity index is 1.55. The summed E-state index contributed by atoms with van der Waals surface area (Å²) in [5.41, 5.74) is 7.06. The number of methoxy groups -OCH3 is 1. The van der Waals surface area contributed by atoms with E-state index in [2.05, 4.69) is 62.5 Å². The van der Waals surface area contributed by atoms with Crippen molar-refractivity contribution in [2.75, 3.05) is 40.1 Å². The Kier molecular flexibility index (Phi) is 15.0. The summed E-state index contributed by atoms with van der Waals surface area (Å²) in [4.78, 5) is 12.2. The Hall–Kier alpha value is -3.13. The highest BCUT2D eigenvalue weighted by Gasteiger charge is 2.22. The molecule has 2 aromatic carbocycles. The number of halogens is 2.